The molecule has 8 nitrogen and oxygen atoms in total. The number of nitrogens with zero attached hydrogens (tertiary/aromatic N) is 2. The quantitative estimate of drug-likeness (QED) is 0.778. The molecule has 0 spiro atoms. The van der Waals surface area contributed by atoms with Crippen molar-refractivity contribution in [1.82, 2.24) is 14.9 Å². The monoisotopic (exact) mass is 384 g/mol. The lowest BCUT2D eigenvalue weighted by atomic mass is 10.2. The second kappa shape index (κ2) is 8.10. The van der Waals surface area contributed by atoms with E-state index >= 15 is 0 Å². The molecule has 1 aromatic carbocycles. The third-order valence-electron chi connectivity index (χ3n) is 5.29. The molecule has 2 N–H and O–H groups in total. The molecule has 28 heavy (non-hydrogen) atoms. The number of ether oxygens (including phenoxy) is 1. The predicted molar refractivity (Wildman–Crippen MR) is 104 cm³/mol. The van der Waals surface area contributed by atoms with Gasteiger partial charge >= 0.3 is 11.8 Å². The fraction of sp³-hybridized carbons (Fsp3) is 0.500. The molecule has 0 radical (unpaired) electrons. The molecule has 8 heteroatoms. The lowest BCUT2D eigenvalue weighted by Crippen LogP contribution is -2.39. The highest BCUT2D eigenvalue weighted by molar-refractivity contribution is 6.39. The zero-order valence-electron chi connectivity index (χ0n) is 15.7. The van der Waals surface area contributed by atoms with E-state index in [1.165, 1.54) is 0 Å². The van der Waals surface area contributed by atoms with Crippen LogP contribution < -0.4 is 16.2 Å². The van der Waals surface area contributed by atoms with Crippen molar-refractivity contribution in [2.45, 2.75) is 51.2 Å². The topological polar surface area (TPSA) is 102 Å². The summed E-state index contributed by atoms with van der Waals surface area (Å²) in [6.07, 6.45) is 5.70. The Morgan fingerprint density at radius 3 is 2.89 bits per heavy atom. The number of carbonyl (C=O) groups excluding carboxylic acids is 2. The molecule has 2 amide bonds. The molecule has 2 aliphatic rings. The van der Waals surface area contributed by atoms with E-state index in [1.807, 2.05) is 0 Å². The van der Waals surface area contributed by atoms with Gasteiger partial charge in [-0.3, -0.25) is 19.0 Å². The number of hydrogen-bond donors (Lipinski definition) is 2. The smallest absolute Gasteiger partial charge is 0.313 e. The summed E-state index contributed by atoms with van der Waals surface area (Å²) in [4.78, 5) is 41.6. The molecular formula is C20H24N4O4. The molecule has 1 atom stereocenters. The zero-order valence-corrected chi connectivity index (χ0v) is 15.7. The van der Waals surface area contributed by atoms with E-state index < -0.39 is 11.8 Å². The van der Waals surface area contributed by atoms with Crippen molar-refractivity contribution < 1.29 is 14.3 Å². The Bertz CT molecular complexity index is 963. The number of fused-ring (bicyclic) bond motifs is 2. The summed E-state index contributed by atoms with van der Waals surface area (Å²) >= 11 is 0. The van der Waals surface area contributed by atoms with Crippen LogP contribution in [0.25, 0.3) is 10.9 Å². The molecular weight excluding hydrogens is 360 g/mol. The van der Waals surface area contributed by atoms with Crippen LogP contribution in [0, 0.1) is 0 Å². The number of hydrogen-bond acceptors (Lipinski definition) is 5. The van der Waals surface area contributed by atoms with Crippen LogP contribution in [0.3, 0.4) is 0 Å². The third-order valence-corrected chi connectivity index (χ3v) is 5.29. The Morgan fingerprint density at radius 2 is 2.07 bits per heavy atom. The minimum atomic E-state index is -0.764. The van der Waals surface area contributed by atoms with Crippen LogP contribution in [0.1, 0.15) is 37.9 Å². The summed E-state index contributed by atoms with van der Waals surface area (Å²) in [5.41, 5.74) is 0.914. The van der Waals surface area contributed by atoms with Crippen LogP contribution in [0.5, 0.6) is 0 Å². The molecule has 2 aromatic rings. The van der Waals surface area contributed by atoms with Gasteiger partial charge in [0.1, 0.15) is 5.82 Å². The molecule has 2 aliphatic heterocycles. The summed E-state index contributed by atoms with van der Waals surface area (Å²) in [5.74, 6) is -0.659. The Morgan fingerprint density at radius 1 is 1.18 bits per heavy atom. The van der Waals surface area contributed by atoms with Crippen molar-refractivity contribution in [2.24, 2.45) is 0 Å². The highest BCUT2D eigenvalue weighted by Gasteiger charge is 2.20. The first-order valence-electron chi connectivity index (χ1n) is 9.86. The van der Waals surface area contributed by atoms with Crippen LogP contribution in [-0.4, -0.2) is 40.6 Å². The Hall–Kier alpha value is -2.74. The van der Waals surface area contributed by atoms with Gasteiger partial charge in [-0.2, -0.15) is 0 Å². The average molecular weight is 384 g/mol. The van der Waals surface area contributed by atoms with Gasteiger partial charge in [0.2, 0.25) is 0 Å². The van der Waals surface area contributed by atoms with Crippen molar-refractivity contribution in [2.75, 3.05) is 18.5 Å². The van der Waals surface area contributed by atoms with Crippen LogP contribution in [-0.2, 0) is 27.3 Å². The number of amides is 2. The van der Waals surface area contributed by atoms with E-state index in [2.05, 4.69) is 15.6 Å². The van der Waals surface area contributed by atoms with Gasteiger partial charge in [-0.05, 0) is 43.9 Å². The second-order valence-electron chi connectivity index (χ2n) is 7.33. The molecule has 148 valence electrons. The lowest BCUT2D eigenvalue weighted by molar-refractivity contribution is -0.136. The Balaban J connectivity index is 1.49. The van der Waals surface area contributed by atoms with Crippen molar-refractivity contribution in [1.29, 1.82) is 0 Å². The van der Waals surface area contributed by atoms with Gasteiger partial charge in [-0.1, -0.05) is 6.42 Å². The van der Waals surface area contributed by atoms with E-state index in [1.54, 1.807) is 22.8 Å². The first kappa shape index (κ1) is 18.6. The van der Waals surface area contributed by atoms with Gasteiger partial charge in [0.15, 0.2) is 0 Å². The molecule has 3 heterocycles. The molecule has 1 saturated heterocycles. The number of nitrogens with one attached hydrogen (secondary N) is 2. The van der Waals surface area contributed by atoms with Crippen LogP contribution in [0.2, 0.25) is 0 Å². The number of rotatable bonds is 3. The van der Waals surface area contributed by atoms with Gasteiger partial charge in [0.05, 0.1) is 17.0 Å². The van der Waals surface area contributed by atoms with Gasteiger partial charge in [-0.15, -0.1) is 0 Å². The minimum absolute atomic E-state index is 0.0289. The third kappa shape index (κ3) is 3.91. The second-order valence-corrected chi connectivity index (χ2v) is 7.33. The maximum Gasteiger partial charge on any atom is 0.313 e. The van der Waals surface area contributed by atoms with E-state index in [9.17, 15) is 14.4 Å². The van der Waals surface area contributed by atoms with Gasteiger partial charge in [0.25, 0.3) is 5.56 Å². The van der Waals surface area contributed by atoms with Gasteiger partial charge in [0, 0.05) is 31.8 Å². The zero-order chi connectivity index (χ0) is 19.5. The lowest BCUT2D eigenvalue weighted by Gasteiger charge is -2.12. The van der Waals surface area contributed by atoms with Gasteiger partial charge in [-0.25, -0.2) is 4.98 Å². The Kier molecular flexibility index (Phi) is 5.38. The first-order valence-corrected chi connectivity index (χ1v) is 9.86. The number of aryl methyl sites for hydroxylation is 1. The van der Waals surface area contributed by atoms with Crippen LogP contribution >= 0.6 is 0 Å². The van der Waals surface area contributed by atoms with Crippen molar-refractivity contribution in [3.63, 3.8) is 0 Å². The summed E-state index contributed by atoms with van der Waals surface area (Å²) in [7, 11) is 0. The molecule has 0 saturated carbocycles. The maximum absolute atomic E-state index is 12.9. The van der Waals surface area contributed by atoms with Crippen LogP contribution in [0.4, 0.5) is 5.69 Å². The fourth-order valence-electron chi connectivity index (χ4n) is 3.78. The predicted octanol–water partition coefficient (Wildman–Crippen LogP) is 1.36. The Labute approximate surface area is 162 Å². The highest BCUT2D eigenvalue weighted by atomic mass is 16.5. The molecule has 0 aliphatic carbocycles. The summed E-state index contributed by atoms with van der Waals surface area (Å²) < 4.78 is 7.16. The number of aromatic nitrogens is 2. The molecule has 1 aromatic heterocycles. The maximum atomic E-state index is 12.9. The number of anilines is 1. The highest BCUT2D eigenvalue weighted by Crippen LogP contribution is 2.18. The van der Waals surface area contributed by atoms with E-state index in [-0.39, 0.29) is 11.7 Å². The standard InChI is InChI=1S/C20H24N4O4/c25-18(21-12-14-5-4-10-28-14)19(26)22-13-7-8-16-15(11-13)20(27)24-9-3-1-2-6-17(24)23-16/h7-8,11,14H,1-6,9-10,12H2,(H,21,25)(H,22,26). The van der Waals surface area contributed by atoms with Gasteiger partial charge < -0.3 is 15.4 Å². The molecule has 0 bridgehead atoms. The normalized spacial score (nSPS) is 19.1. The van der Waals surface area contributed by atoms with Crippen LogP contribution in [0.15, 0.2) is 23.0 Å². The van der Waals surface area contributed by atoms with E-state index in [0.29, 0.717) is 36.3 Å². The molecule has 1 unspecified atom stereocenters. The first-order chi connectivity index (χ1) is 13.6. The summed E-state index contributed by atoms with van der Waals surface area (Å²) in [6, 6.07) is 4.96. The van der Waals surface area contributed by atoms with E-state index in [0.717, 1.165) is 44.3 Å². The fourth-order valence-corrected chi connectivity index (χ4v) is 3.78. The SMILES string of the molecule is O=C(NCC1CCCO1)C(=O)Nc1ccc2nc3n(c(=O)c2c1)CCCCC3. The number of carbonyl (C=O) groups is 2. The summed E-state index contributed by atoms with van der Waals surface area (Å²) in [6.45, 7) is 1.68. The van der Waals surface area contributed by atoms with Crippen molar-refractivity contribution >= 4 is 28.4 Å². The largest absolute Gasteiger partial charge is 0.376 e. The molecule has 4 rings (SSSR count). The minimum Gasteiger partial charge on any atom is -0.376 e. The van der Waals surface area contributed by atoms with Crippen molar-refractivity contribution in [3.8, 4) is 0 Å². The summed E-state index contributed by atoms with van der Waals surface area (Å²) in [5, 5.41) is 5.60. The average Bonchev–Trinajstić information content (AvgIpc) is 3.11. The molecule has 1 fully saturated rings. The van der Waals surface area contributed by atoms with E-state index in [4.69, 9.17) is 4.74 Å². The number of benzene rings is 1. The van der Waals surface area contributed by atoms with Crippen molar-refractivity contribution in [3.05, 3.63) is 34.4 Å².